The van der Waals surface area contributed by atoms with Gasteiger partial charge in [0.25, 0.3) is 5.91 Å². The zero-order valence-corrected chi connectivity index (χ0v) is 11.6. The van der Waals surface area contributed by atoms with Gasteiger partial charge in [0.2, 0.25) is 0 Å². The van der Waals surface area contributed by atoms with E-state index in [1.807, 2.05) is 25.9 Å². The number of benzene rings is 1. The van der Waals surface area contributed by atoms with E-state index in [0.717, 1.165) is 6.07 Å². The molecule has 0 fully saturated rings. The third-order valence-electron chi connectivity index (χ3n) is 3.10. The molecule has 0 heterocycles. The molecule has 4 nitrogen and oxygen atoms in total. The number of hydrogen-bond acceptors (Lipinski definition) is 3. The zero-order chi connectivity index (χ0) is 15.5. The van der Waals surface area contributed by atoms with Crippen molar-refractivity contribution in [3.05, 3.63) is 29.3 Å². The number of halogens is 3. The van der Waals surface area contributed by atoms with E-state index in [1.54, 1.807) is 0 Å². The SMILES string of the molecule is CC(CNC(=O)c1cccc(C(F)(F)F)c1N)N(C)C. The predicted octanol–water partition coefficient (Wildman–Crippen LogP) is 1.97. The highest BCUT2D eigenvalue weighted by Crippen LogP contribution is 2.34. The molecule has 0 aromatic heterocycles. The molecule has 0 spiro atoms. The van der Waals surface area contributed by atoms with Gasteiger partial charge in [-0.25, -0.2) is 0 Å². The Morgan fingerprint density at radius 1 is 1.40 bits per heavy atom. The van der Waals surface area contributed by atoms with Gasteiger partial charge in [-0.2, -0.15) is 13.2 Å². The van der Waals surface area contributed by atoms with Gasteiger partial charge in [-0.3, -0.25) is 4.79 Å². The molecule has 0 radical (unpaired) electrons. The van der Waals surface area contributed by atoms with E-state index in [-0.39, 0.29) is 11.6 Å². The summed E-state index contributed by atoms with van der Waals surface area (Å²) in [7, 11) is 3.69. The number of nitrogens with one attached hydrogen (secondary N) is 1. The van der Waals surface area contributed by atoms with Crippen LogP contribution in [0.4, 0.5) is 18.9 Å². The first-order valence-electron chi connectivity index (χ1n) is 6.05. The van der Waals surface area contributed by atoms with Crippen LogP contribution in [0, 0.1) is 0 Å². The van der Waals surface area contributed by atoms with Gasteiger partial charge < -0.3 is 16.0 Å². The van der Waals surface area contributed by atoms with Crippen LogP contribution in [0.5, 0.6) is 0 Å². The molecule has 3 N–H and O–H groups in total. The van der Waals surface area contributed by atoms with Gasteiger partial charge in [0.05, 0.1) is 16.8 Å². The summed E-state index contributed by atoms with van der Waals surface area (Å²) in [5.41, 5.74) is 3.74. The highest BCUT2D eigenvalue weighted by Gasteiger charge is 2.34. The van der Waals surface area contributed by atoms with E-state index in [1.165, 1.54) is 12.1 Å². The first-order valence-corrected chi connectivity index (χ1v) is 6.05. The monoisotopic (exact) mass is 289 g/mol. The summed E-state index contributed by atoms with van der Waals surface area (Å²) in [5.74, 6) is -0.609. The fraction of sp³-hybridized carbons (Fsp3) is 0.462. The van der Waals surface area contributed by atoms with E-state index in [4.69, 9.17) is 5.73 Å². The van der Waals surface area contributed by atoms with Crippen molar-refractivity contribution in [1.29, 1.82) is 0 Å². The van der Waals surface area contributed by atoms with Crippen molar-refractivity contribution in [1.82, 2.24) is 10.2 Å². The van der Waals surface area contributed by atoms with E-state index in [2.05, 4.69) is 5.32 Å². The van der Waals surface area contributed by atoms with Crippen LogP contribution in [-0.2, 0) is 6.18 Å². The van der Waals surface area contributed by atoms with Gasteiger partial charge in [0.15, 0.2) is 0 Å². The molecule has 112 valence electrons. The van der Waals surface area contributed by atoms with Crippen molar-refractivity contribution < 1.29 is 18.0 Å². The summed E-state index contributed by atoms with van der Waals surface area (Å²) < 4.78 is 38.1. The second kappa shape index (κ2) is 6.13. The summed E-state index contributed by atoms with van der Waals surface area (Å²) in [5, 5.41) is 2.57. The van der Waals surface area contributed by atoms with Crippen molar-refractivity contribution in [2.75, 3.05) is 26.4 Å². The number of amides is 1. The molecule has 0 saturated heterocycles. The van der Waals surface area contributed by atoms with Crippen molar-refractivity contribution in [3.63, 3.8) is 0 Å². The van der Waals surface area contributed by atoms with Crippen LogP contribution in [0.25, 0.3) is 0 Å². The minimum Gasteiger partial charge on any atom is -0.398 e. The lowest BCUT2D eigenvalue weighted by molar-refractivity contribution is -0.136. The second-order valence-electron chi connectivity index (χ2n) is 4.79. The lowest BCUT2D eigenvalue weighted by Crippen LogP contribution is -2.38. The number of nitrogens with two attached hydrogens (primary N) is 1. The molecule has 1 unspecified atom stereocenters. The number of hydrogen-bond donors (Lipinski definition) is 2. The van der Waals surface area contributed by atoms with Crippen LogP contribution >= 0.6 is 0 Å². The Hall–Kier alpha value is -1.76. The molecule has 1 aromatic carbocycles. The average Bonchev–Trinajstić information content (AvgIpc) is 2.34. The molecule has 0 aliphatic rings. The molecule has 1 aromatic rings. The minimum atomic E-state index is -4.57. The number of likely N-dealkylation sites (N-methyl/N-ethyl adjacent to an activating group) is 1. The van der Waals surface area contributed by atoms with Gasteiger partial charge in [0, 0.05) is 12.6 Å². The maximum atomic E-state index is 12.7. The summed E-state index contributed by atoms with van der Waals surface area (Å²) in [6.07, 6.45) is -4.57. The number of rotatable bonds is 4. The van der Waals surface area contributed by atoms with E-state index < -0.39 is 23.3 Å². The number of carbonyl (C=O) groups excluding carboxylic acids is 1. The third kappa shape index (κ3) is 3.86. The largest absolute Gasteiger partial charge is 0.418 e. The van der Waals surface area contributed by atoms with Crippen LogP contribution < -0.4 is 11.1 Å². The molecule has 0 saturated carbocycles. The topological polar surface area (TPSA) is 58.4 Å². The van der Waals surface area contributed by atoms with E-state index >= 15 is 0 Å². The van der Waals surface area contributed by atoms with Crippen LogP contribution in [-0.4, -0.2) is 37.5 Å². The highest BCUT2D eigenvalue weighted by atomic mass is 19.4. The Morgan fingerprint density at radius 3 is 2.50 bits per heavy atom. The van der Waals surface area contributed by atoms with E-state index in [0.29, 0.717) is 6.54 Å². The van der Waals surface area contributed by atoms with Gasteiger partial charge in [-0.1, -0.05) is 6.07 Å². The Kier molecular flexibility index (Phi) is 4.99. The summed E-state index contributed by atoms with van der Waals surface area (Å²) >= 11 is 0. The summed E-state index contributed by atoms with van der Waals surface area (Å²) in [6, 6.07) is 3.36. The maximum absolute atomic E-state index is 12.7. The molecule has 7 heteroatoms. The predicted molar refractivity (Wildman–Crippen MR) is 71.3 cm³/mol. The van der Waals surface area contributed by atoms with Crippen molar-refractivity contribution in [3.8, 4) is 0 Å². The number of alkyl halides is 3. The van der Waals surface area contributed by atoms with Gasteiger partial charge in [-0.15, -0.1) is 0 Å². The molecule has 1 rings (SSSR count). The van der Waals surface area contributed by atoms with Crippen molar-refractivity contribution >= 4 is 11.6 Å². The molecule has 1 amide bonds. The Bertz CT molecular complexity index is 486. The van der Waals surface area contributed by atoms with Crippen LogP contribution in [0.1, 0.15) is 22.8 Å². The minimum absolute atomic E-state index is 0.0611. The fourth-order valence-electron chi connectivity index (χ4n) is 1.53. The molecular weight excluding hydrogens is 271 g/mol. The Morgan fingerprint density at radius 2 is 2.00 bits per heavy atom. The molecule has 0 aliphatic carbocycles. The second-order valence-corrected chi connectivity index (χ2v) is 4.79. The Labute approximate surface area is 115 Å². The summed E-state index contributed by atoms with van der Waals surface area (Å²) in [6.45, 7) is 2.21. The first-order chi connectivity index (χ1) is 9.14. The lowest BCUT2D eigenvalue weighted by atomic mass is 10.1. The molecule has 1 atom stereocenters. The summed E-state index contributed by atoms with van der Waals surface area (Å²) in [4.78, 5) is 13.8. The van der Waals surface area contributed by atoms with Gasteiger partial charge >= 0.3 is 6.18 Å². The first kappa shape index (κ1) is 16.3. The number of nitrogens with zero attached hydrogens (tertiary/aromatic N) is 1. The molecule has 0 bridgehead atoms. The van der Waals surface area contributed by atoms with Crippen molar-refractivity contribution in [2.45, 2.75) is 19.1 Å². The third-order valence-corrected chi connectivity index (χ3v) is 3.10. The highest BCUT2D eigenvalue weighted by molar-refractivity contribution is 5.99. The number of para-hydroxylation sites is 1. The zero-order valence-electron chi connectivity index (χ0n) is 11.6. The van der Waals surface area contributed by atoms with Crippen LogP contribution in [0.3, 0.4) is 0 Å². The smallest absolute Gasteiger partial charge is 0.398 e. The van der Waals surface area contributed by atoms with E-state index in [9.17, 15) is 18.0 Å². The Balaban J connectivity index is 2.90. The van der Waals surface area contributed by atoms with Gasteiger partial charge in [-0.05, 0) is 33.2 Å². The average molecular weight is 289 g/mol. The van der Waals surface area contributed by atoms with Crippen LogP contribution in [0.15, 0.2) is 18.2 Å². The van der Waals surface area contributed by atoms with Crippen molar-refractivity contribution in [2.24, 2.45) is 0 Å². The fourth-order valence-corrected chi connectivity index (χ4v) is 1.53. The number of anilines is 1. The normalized spacial score (nSPS) is 13.3. The quantitative estimate of drug-likeness (QED) is 0.833. The molecular formula is C13H18F3N3O. The molecule has 20 heavy (non-hydrogen) atoms. The molecule has 0 aliphatic heterocycles. The standard InChI is InChI=1S/C13H18F3N3O/c1-8(19(2)3)7-18-12(20)9-5-4-6-10(11(9)17)13(14,15)16/h4-6,8H,7,17H2,1-3H3,(H,18,20). The maximum Gasteiger partial charge on any atom is 0.418 e. The van der Waals surface area contributed by atoms with Crippen LogP contribution in [0.2, 0.25) is 0 Å². The lowest BCUT2D eigenvalue weighted by Gasteiger charge is -2.20. The number of carbonyl (C=O) groups is 1. The van der Waals surface area contributed by atoms with Gasteiger partial charge in [0.1, 0.15) is 0 Å². The number of nitrogen functional groups attached to an aromatic ring is 1.